The van der Waals surface area contributed by atoms with Crippen molar-refractivity contribution in [3.63, 3.8) is 0 Å². The van der Waals surface area contributed by atoms with Gasteiger partial charge in [-0.1, -0.05) is 48.5 Å². The predicted octanol–water partition coefficient (Wildman–Crippen LogP) is 3.13. The monoisotopic (exact) mass is 265 g/mol. The van der Waals surface area contributed by atoms with E-state index in [9.17, 15) is 9.59 Å². The van der Waals surface area contributed by atoms with Gasteiger partial charge in [0, 0.05) is 10.6 Å². The van der Waals surface area contributed by atoms with Crippen molar-refractivity contribution in [3.05, 3.63) is 52.4 Å². The highest BCUT2D eigenvalue weighted by Crippen LogP contribution is 2.36. The number of allylic oxidation sites excluding steroid dienone is 2. The molecule has 3 nitrogen and oxygen atoms in total. The van der Waals surface area contributed by atoms with E-state index < -0.39 is 11.1 Å². The van der Waals surface area contributed by atoms with Crippen LogP contribution in [0.5, 0.6) is 0 Å². The molecule has 86 valence electrons. The lowest BCUT2D eigenvalue weighted by Crippen LogP contribution is -2.18. The van der Waals surface area contributed by atoms with Crippen molar-refractivity contribution in [2.24, 2.45) is 0 Å². The number of rotatable bonds is 2. The second-order valence-electron chi connectivity index (χ2n) is 3.32. The number of nitrogens with one attached hydrogen (secondary N) is 1. The highest BCUT2D eigenvalue weighted by Gasteiger charge is 2.29. The molecular weight excluding hydrogens is 258 g/mol. The van der Waals surface area contributed by atoms with Crippen LogP contribution in [0.3, 0.4) is 0 Å². The summed E-state index contributed by atoms with van der Waals surface area (Å²) in [5.41, 5.74) is 1.26. The average Bonchev–Trinajstić information content (AvgIpc) is 2.59. The third kappa shape index (κ3) is 2.43. The number of thioether (sulfide) groups is 1. The molecule has 1 aliphatic rings. The number of amides is 2. The lowest BCUT2D eigenvalue weighted by Gasteiger charge is -2.07. The molecule has 2 rings (SSSR count). The van der Waals surface area contributed by atoms with E-state index in [4.69, 9.17) is 11.6 Å². The quantitative estimate of drug-likeness (QED) is 0.836. The van der Waals surface area contributed by atoms with Crippen LogP contribution in [0, 0.1) is 0 Å². The molecule has 17 heavy (non-hydrogen) atoms. The molecule has 1 N–H and O–H groups in total. The van der Waals surface area contributed by atoms with Crippen LogP contribution in [0.2, 0.25) is 0 Å². The third-order valence-electron chi connectivity index (χ3n) is 2.18. The fraction of sp³-hybridized carbons (Fsp3) is 0. The number of carbonyl (C=O) groups is 2. The first kappa shape index (κ1) is 12.0. The van der Waals surface area contributed by atoms with Crippen LogP contribution >= 0.6 is 23.4 Å². The van der Waals surface area contributed by atoms with Gasteiger partial charge in [0.05, 0.1) is 4.91 Å². The fourth-order valence-electron chi connectivity index (χ4n) is 1.49. The summed E-state index contributed by atoms with van der Waals surface area (Å²) in [4.78, 5) is 23.0. The summed E-state index contributed by atoms with van der Waals surface area (Å²) in [5, 5.41) is 2.05. The van der Waals surface area contributed by atoms with Crippen molar-refractivity contribution < 1.29 is 9.59 Å². The third-order valence-corrected chi connectivity index (χ3v) is 3.25. The van der Waals surface area contributed by atoms with Crippen LogP contribution in [0.15, 0.2) is 46.8 Å². The standard InChI is InChI=1S/C12H8ClNO2S/c1-7(13)9(8-5-3-2-4-6-8)10-11(15)14-12(16)17-10/h2-6H,1H2,(H,14,15,16)/b10-9-. The molecule has 5 heteroatoms. The Hall–Kier alpha value is -1.52. The Balaban J connectivity index is 2.57. The van der Waals surface area contributed by atoms with E-state index in [-0.39, 0.29) is 5.03 Å². The van der Waals surface area contributed by atoms with Gasteiger partial charge in [-0.15, -0.1) is 0 Å². The van der Waals surface area contributed by atoms with Crippen LogP contribution in [-0.2, 0) is 4.79 Å². The van der Waals surface area contributed by atoms with Crippen molar-refractivity contribution in [3.8, 4) is 0 Å². The Morgan fingerprint density at radius 2 is 1.88 bits per heavy atom. The lowest BCUT2D eigenvalue weighted by atomic mass is 10.1. The van der Waals surface area contributed by atoms with Gasteiger partial charge in [-0.2, -0.15) is 0 Å². The summed E-state index contributed by atoms with van der Waals surface area (Å²) < 4.78 is 0. The average molecular weight is 266 g/mol. The topological polar surface area (TPSA) is 46.2 Å². The summed E-state index contributed by atoms with van der Waals surface area (Å²) in [7, 11) is 0. The van der Waals surface area contributed by atoms with Gasteiger partial charge in [0.1, 0.15) is 0 Å². The molecular formula is C12H8ClNO2S. The van der Waals surface area contributed by atoms with Crippen molar-refractivity contribution in [2.45, 2.75) is 0 Å². The minimum Gasteiger partial charge on any atom is -0.282 e. The van der Waals surface area contributed by atoms with E-state index in [2.05, 4.69) is 11.9 Å². The molecule has 0 radical (unpaired) electrons. The molecule has 1 aliphatic heterocycles. The Labute approximate surface area is 108 Å². The van der Waals surface area contributed by atoms with Crippen molar-refractivity contribution in [2.75, 3.05) is 0 Å². The number of carbonyl (C=O) groups excluding carboxylic acids is 2. The normalized spacial score (nSPS) is 17.9. The number of halogens is 1. The minimum atomic E-state index is -0.430. The van der Waals surface area contributed by atoms with Crippen LogP contribution in [0.1, 0.15) is 5.56 Å². The number of hydrogen-bond acceptors (Lipinski definition) is 3. The summed E-state index contributed by atoms with van der Waals surface area (Å²) >= 11 is 6.75. The molecule has 0 unspecified atom stereocenters. The first-order chi connectivity index (χ1) is 8.09. The summed E-state index contributed by atoms with van der Waals surface area (Å²) in [6.07, 6.45) is 0. The van der Waals surface area contributed by atoms with E-state index in [1.54, 1.807) is 0 Å². The molecule has 2 amide bonds. The number of benzene rings is 1. The van der Waals surface area contributed by atoms with E-state index in [0.717, 1.165) is 17.3 Å². The van der Waals surface area contributed by atoms with Gasteiger partial charge in [-0.3, -0.25) is 14.9 Å². The molecule has 1 heterocycles. The summed E-state index contributed by atoms with van der Waals surface area (Å²) in [5.74, 6) is -0.430. The molecule has 0 aromatic heterocycles. The molecule has 0 bridgehead atoms. The number of imide groups is 1. The molecule has 1 aromatic carbocycles. The minimum absolute atomic E-state index is 0.239. The van der Waals surface area contributed by atoms with Crippen LogP contribution in [0.4, 0.5) is 4.79 Å². The highest BCUT2D eigenvalue weighted by atomic mass is 35.5. The maximum absolute atomic E-state index is 11.6. The van der Waals surface area contributed by atoms with Gasteiger partial charge in [-0.05, 0) is 17.3 Å². The van der Waals surface area contributed by atoms with Gasteiger partial charge in [0.2, 0.25) is 0 Å². The second kappa shape index (κ2) is 4.77. The Morgan fingerprint density at radius 3 is 2.35 bits per heavy atom. The zero-order valence-corrected chi connectivity index (χ0v) is 10.3. The number of hydrogen-bond donors (Lipinski definition) is 1. The van der Waals surface area contributed by atoms with Gasteiger partial charge >= 0.3 is 0 Å². The van der Waals surface area contributed by atoms with E-state index in [1.807, 2.05) is 30.3 Å². The Kier molecular flexibility index (Phi) is 3.36. The molecule has 0 atom stereocenters. The predicted molar refractivity (Wildman–Crippen MR) is 69.5 cm³/mol. The van der Waals surface area contributed by atoms with Crippen LogP contribution in [-0.4, -0.2) is 11.1 Å². The van der Waals surface area contributed by atoms with Crippen molar-refractivity contribution in [1.82, 2.24) is 5.32 Å². The Bertz CT molecular complexity index is 537. The lowest BCUT2D eigenvalue weighted by molar-refractivity contribution is -0.115. The van der Waals surface area contributed by atoms with Crippen LogP contribution in [0.25, 0.3) is 5.57 Å². The maximum atomic E-state index is 11.6. The second-order valence-corrected chi connectivity index (χ2v) is 4.76. The van der Waals surface area contributed by atoms with Gasteiger partial charge in [0.25, 0.3) is 11.1 Å². The summed E-state index contributed by atoms with van der Waals surface area (Å²) in [6, 6.07) is 9.14. The molecule has 1 aromatic rings. The molecule has 0 saturated carbocycles. The zero-order chi connectivity index (χ0) is 12.4. The first-order valence-electron chi connectivity index (χ1n) is 4.77. The Morgan fingerprint density at radius 1 is 1.24 bits per heavy atom. The van der Waals surface area contributed by atoms with Gasteiger partial charge in [-0.25, -0.2) is 0 Å². The maximum Gasteiger partial charge on any atom is 0.290 e. The highest BCUT2D eigenvalue weighted by molar-refractivity contribution is 8.18. The van der Waals surface area contributed by atoms with Crippen molar-refractivity contribution in [1.29, 1.82) is 0 Å². The smallest absolute Gasteiger partial charge is 0.282 e. The van der Waals surface area contributed by atoms with Crippen LogP contribution < -0.4 is 5.32 Å². The zero-order valence-electron chi connectivity index (χ0n) is 8.70. The molecule has 1 saturated heterocycles. The molecule has 0 aliphatic carbocycles. The largest absolute Gasteiger partial charge is 0.290 e. The van der Waals surface area contributed by atoms with Gasteiger partial charge in [0.15, 0.2) is 0 Å². The molecule has 0 spiro atoms. The fourth-order valence-corrected chi connectivity index (χ4v) is 2.57. The first-order valence-corrected chi connectivity index (χ1v) is 5.96. The summed E-state index contributed by atoms with van der Waals surface area (Å²) in [6.45, 7) is 3.64. The van der Waals surface area contributed by atoms with Crippen molar-refractivity contribution >= 4 is 40.1 Å². The van der Waals surface area contributed by atoms with E-state index in [0.29, 0.717) is 10.5 Å². The molecule has 1 fully saturated rings. The van der Waals surface area contributed by atoms with Gasteiger partial charge < -0.3 is 0 Å². The SMILES string of the molecule is C=C(Cl)/C(=C1/SC(=O)NC1=O)c1ccccc1. The van der Waals surface area contributed by atoms with E-state index in [1.165, 1.54) is 0 Å². The van der Waals surface area contributed by atoms with E-state index >= 15 is 0 Å².